The Labute approximate surface area is 180 Å². The molecule has 2 heterocycles. The van der Waals surface area contributed by atoms with Crippen LogP contribution in [0.5, 0.6) is 0 Å². The molecule has 1 aliphatic heterocycles. The van der Waals surface area contributed by atoms with E-state index < -0.39 is 6.04 Å². The normalized spacial score (nSPS) is 21.3. The highest BCUT2D eigenvalue weighted by atomic mass is 35.5. The lowest BCUT2D eigenvalue weighted by Crippen LogP contribution is -2.66. The standard InChI is InChI=1S/C22H23Cl2N3O2/c1-14-10-17(24)11-25-20(14)27-13-18(28)26(12-15-4-6-16(23)7-5-15)19(21(27)29)22(2)8-3-9-22/h4-7,10-11,19H,3,8-9,12-13H2,1-2H3. The van der Waals surface area contributed by atoms with Gasteiger partial charge < -0.3 is 4.90 Å². The topological polar surface area (TPSA) is 53.5 Å². The van der Waals surface area contributed by atoms with Crippen molar-refractivity contribution < 1.29 is 9.59 Å². The van der Waals surface area contributed by atoms with Crippen molar-refractivity contribution in [3.8, 4) is 0 Å². The molecule has 1 saturated carbocycles. The minimum atomic E-state index is -0.509. The Morgan fingerprint density at radius 2 is 1.83 bits per heavy atom. The number of rotatable bonds is 4. The molecule has 0 bridgehead atoms. The van der Waals surface area contributed by atoms with E-state index in [0.717, 1.165) is 30.4 Å². The lowest BCUT2D eigenvalue weighted by atomic mass is 9.64. The van der Waals surface area contributed by atoms with Crippen molar-refractivity contribution in [1.29, 1.82) is 0 Å². The molecule has 4 rings (SSSR count). The summed E-state index contributed by atoms with van der Waals surface area (Å²) in [6, 6.07) is 8.67. The highest BCUT2D eigenvalue weighted by molar-refractivity contribution is 6.30. The number of benzene rings is 1. The van der Waals surface area contributed by atoms with Crippen LogP contribution in [0.15, 0.2) is 36.5 Å². The fraction of sp³-hybridized carbons (Fsp3) is 0.409. The summed E-state index contributed by atoms with van der Waals surface area (Å²) in [7, 11) is 0. The van der Waals surface area contributed by atoms with Crippen molar-refractivity contribution in [2.45, 2.75) is 45.7 Å². The Bertz CT molecular complexity index is 957. The van der Waals surface area contributed by atoms with Crippen molar-refractivity contribution in [2.24, 2.45) is 5.41 Å². The maximum atomic E-state index is 13.6. The number of amides is 2. The van der Waals surface area contributed by atoms with Gasteiger partial charge in [0.2, 0.25) is 5.91 Å². The van der Waals surface area contributed by atoms with Crippen LogP contribution < -0.4 is 4.90 Å². The summed E-state index contributed by atoms with van der Waals surface area (Å²) in [4.78, 5) is 34.5. The van der Waals surface area contributed by atoms with Gasteiger partial charge >= 0.3 is 0 Å². The molecule has 2 amide bonds. The van der Waals surface area contributed by atoms with Gasteiger partial charge in [0.05, 0.1) is 5.02 Å². The van der Waals surface area contributed by atoms with Crippen LogP contribution in [0.3, 0.4) is 0 Å². The van der Waals surface area contributed by atoms with Gasteiger partial charge in [0.25, 0.3) is 5.91 Å². The Hall–Kier alpha value is -2.11. The van der Waals surface area contributed by atoms with Gasteiger partial charge in [0.15, 0.2) is 0 Å². The zero-order chi connectivity index (χ0) is 20.8. The lowest BCUT2D eigenvalue weighted by molar-refractivity contribution is -0.152. The Morgan fingerprint density at radius 3 is 2.41 bits per heavy atom. The van der Waals surface area contributed by atoms with Crippen LogP contribution in [0, 0.1) is 12.3 Å². The number of aromatic nitrogens is 1. The first-order valence-electron chi connectivity index (χ1n) is 9.76. The second-order valence-corrected chi connectivity index (χ2v) is 9.15. The molecule has 152 valence electrons. The third kappa shape index (κ3) is 3.74. The van der Waals surface area contributed by atoms with Crippen LogP contribution in [0.4, 0.5) is 5.82 Å². The highest BCUT2D eigenvalue weighted by Gasteiger charge is 2.52. The van der Waals surface area contributed by atoms with Crippen molar-refractivity contribution in [1.82, 2.24) is 9.88 Å². The minimum absolute atomic E-state index is 0.0194. The summed E-state index contributed by atoms with van der Waals surface area (Å²) in [5.74, 6) is 0.360. The van der Waals surface area contributed by atoms with Gasteiger partial charge in [-0.15, -0.1) is 0 Å². The fourth-order valence-corrected chi connectivity index (χ4v) is 4.71. The van der Waals surface area contributed by atoms with Crippen molar-refractivity contribution >= 4 is 40.8 Å². The molecule has 1 saturated heterocycles. The summed E-state index contributed by atoms with van der Waals surface area (Å²) < 4.78 is 0. The summed E-state index contributed by atoms with van der Waals surface area (Å²) >= 11 is 12.0. The number of hydrogen-bond acceptors (Lipinski definition) is 3. The zero-order valence-corrected chi connectivity index (χ0v) is 18.0. The predicted molar refractivity (Wildman–Crippen MR) is 114 cm³/mol. The molecule has 2 aromatic rings. The Balaban J connectivity index is 1.69. The molecule has 0 N–H and O–H groups in total. The lowest BCUT2D eigenvalue weighted by Gasteiger charge is -2.52. The predicted octanol–water partition coefficient (Wildman–Crippen LogP) is 4.63. The first kappa shape index (κ1) is 20.2. The maximum absolute atomic E-state index is 13.6. The van der Waals surface area contributed by atoms with Gasteiger partial charge in [0.1, 0.15) is 18.4 Å². The number of anilines is 1. The van der Waals surface area contributed by atoms with E-state index in [1.807, 2.05) is 19.1 Å². The molecule has 1 unspecified atom stereocenters. The van der Waals surface area contributed by atoms with Gasteiger partial charge in [-0.1, -0.05) is 48.7 Å². The number of piperazine rings is 1. The van der Waals surface area contributed by atoms with E-state index in [1.165, 1.54) is 11.1 Å². The Kier molecular flexibility index (Phi) is 5.30. The fourth-order valence-electron chi connectivity index (χ4n) is 4.37. The van der Waals surface area contributed by atoms with Crippen molar-refractivity contribution in [2.75, 3.05) is 11.4 Å². The third-order valence-corrected chi connectivity index (χ3v) is 6.58. The largest absolute Gasteiger partial charge is 0.324 e. The van der Waals surface area contributed by atoms with Gasteiger partial charge in [-0.25, -0.2) is 4.98 Å². The van der Waals surface area contributed by atoms with E-state index in [4.69, 9.17) is 23.2 Å². The molecule has 29 heavy (non-hydrogen) atoms. The summed E-state index contributed by atoms with van der Waals surface area (Å²) in [6.45, 7) is 4.33. The number of carbonyl (C=O) groups is 2. The molecule has 0 spiro atoms. The summed E-state index contributed by atoms with van der Waals surface area (Å²) in [6.07, 6.45) is 4.44. The molecule has 1 aromatic heterocycles. The van der Waals surface area contributed by atoms with Crippen LogP contribution in [-0.2, 0) is 16.1 Å². The zero-order valence-electron chi connectivity index (χ0n) is 16.5. The van der Waals surface area contributed by atoms with Crippen molar-refractivity contribution in [3.05, 3.63) is 57.7 Å². The second kappa shape index (κ2) is 7.62. The summed E-state index contributed by atoms with van der Waals surface area (Å²) in [5.41, 5.74) is 1.51. The van der Waals surface area contributed by atoms with Crippen LogP contribution in [0.1, 0.15) is 37.3 Å². The molecular weight excluding hydrogens is 409 g/mol. The Morgan fingerprint density at radius 1 is 1.14 bits per heavy atom. The number of aryl methyl sites for hydroxylation is 1. The van der Waals surface area contributed by atoms with Gasteiger partial charge in [-0.05, 0) is 54.5 Å². The third-order valence-electron chi connectivity index (χ3n) is 6.12. The van der Waals surface area contributed by atoms with E-state index >= 15 is 0 Å². The van der Waals surface area contributed by atoms with Gasteiger partial charge in [-0.2, -0.15) is 0 Å². The number of hydrogen-bond donors (Lipinski definition) is 0. The van der Waals surface area contributed by atoms with Gasteiger partial charge in [-0.3, -0.25) is 14.5 Å². The van der Waals surface area contributed by atoms with Crippen molar-refractivity contribution in [3.63, 3.8) is 0 Å². The second-order valence-electron chi connectivity index (χ2n) is 8.28. The van der Waals surface area contributed by atoms with E-state index in [0.29, 0.717) is 22.4 Å². The average Bonchev–Trinajstić information content (AvgIpc) is 2.65. The van der Waals surface area contributed by atoms with Crippen LogP contribution in [0.2, 0.25) is 10.0 Å². The van der Waals surface area contributed by atoms with E-state index in [1.54, 1.807) is 23.1 Å². The monoisotopic (exact) mass is 431 g/mol. The van der Waals surface area contributed by atoms with E-state index in [2.05, 4.69) is 11.9 Å². The van der Waals surface area contributed by atoms with Crippen LogP contribution in [-0.4, -0.2) is 34.3 Å². The molecule has 5 nitrogen and oxygen atoms in total. The molecule has 2 aliphatic rings. The molecule has 2 fully saturated rings. The minimum Gasteiger partial charge on any atom is -0.324 e. The van der Waals surface area contributed by atoms with E-state index in [-0.39, 0.29) is 23.8 Å². The average molecular weight is 432 g/mol. The SMILES string of the molecule is Cc1cc(Cl)cnc1N1CC(=O)N(Cc2ccc(Cl)cc2)C(C2(C)CCC2)C1=O. The van der Waals surface area contributed by atoms with Gasteiger partial charge in [0, 0.05) is 17.8 Å². The molecular formula is C22H23Cl2N3O2. The molecule has 1 aliphatic carbocycles. The molecule has 1 atom stereocenters. The molecule has 0 radical (unpaired) electrons. The van der Waals surface area contributed by atoms with Crippen LogP contribution in [0.25, 0.3) is 0 Å². The maximum Gasteiger partial charge on any atom is 0.252 e. The smallest absolute Gasteiger partial charge is 0.252 e. The first-order chi connectivity index (χ1) is 13.8. The first-order valence-corrected chi connectivity index (χ1v) is 10.5. The van der Waals surface area contributed by atoms with E-state index in [9.17, 15) is 9.59 Å². The number of carbonyl (C=O) groups excluding carboxylic acids is 2. The van der Waals surface area contributed by atoms with Crippen LogP contribution >= 0.6 is 23.2 Å². The number of nitrogens with zero attached hydrogens (tertiary/aromatic N) is 3. The molecule has 7 heteroatoms. The summed E-state index contributed by atoms with van der Waals surface area (Å²) in [5, 5.41) is 1.15. The number of halogens is 2. The number of pyridine rings is 1. The molecule has 1 aromatic carbocycles. The highest BCUT2D eigenvalue weighted by Crippen LogP contribution is 2.47. The quantitative estimate of drug-likeness (QED) is 0.708.